The molecule has 6 N–H and O–H groups in total. The summed E-state index contributed by atoms with van der Waals surface area (Å²) in [6, 6.07) is 0. The monoisotopic (exact) mass is 194 g/mol. The van der Waals surface area contributed by atoms with E-state index in [1.54, 1.807) is 0 Å². The second-order valence-corrected chi connectivity index (χ2v) is 2.23. The molecule has 0 radical (unpaired) electrons. The molecule has 0 aliphatic heterocycles. The molecule has 0 fully saturated rings. The summed E-state index contributed by atoms with van der Waals surface area (Å²) >= 11 is 0. The number of aliphatic hydroxyl groups excluding tert-OH is 5. The molecule has 0 aromatic heterocycles. The molecule has 2 unspecified atom stereocenters. The summed E-state index contributed by atoms with van der Waals surface area (Å²) in [5.74, 6) is -4.62. The van der Waals surface area contributed by atoms with Crippen molar-refractivity contribution in [2.45, 2.75) is 12.2 Å². The van der Waals surface area contributed by atoms with E-state index in [2.05, 4.69) is 0 Å². The molecule has 0 heterocycles. The van der Waals surface area contributed by atoms with Crippen molar-refractivity contribution >= 4 is 5.97 Å². The first kappa shape index (κ1) is 11.7. The van der Waals surface area contributed by atoms with Gasteiger partial charge in [0.15, 0.2) is 5.76 Å². The normalized spacial score (nSPS) is 17.5. The third-order valence-corrected chi connectivity index (χ3v) is 1.28. The Kier molecular flexibility index (Phi) is 4.18. The summed E-state index contributed by atoms with van der Waals surface area (Å²) in [5, 5.41) is 51.4. The minimum Gasteiger partial charge on any atom is -0.506 e. The summed E-state index contributed by atoms with van der Waals surface area (Å²) < 4.78 is 0. The predicted octanol–water partition coefficient (Wildman–Crippen LogP) is -1.89. The lowest BCUT2D eigenvalue weighted by Gasteiger charge is -2.14. The van der Waals surface area contributed by atoms with Crippen LogP contribution in [-0.4, -0.2) is 55.4 Å². The van der Waals surface area contributed by atoms with Gasteiger partial charge in [-0.25, -0.2) is 4.79 Å². The number of hydrogen-bond donors (Lipinski definition) is 6. The van der Waals surface area contributed by atoms with Crippen LogP contribution in [0.4, 0.5) is 0 Å². The van der Waals surface area contributed by atoms with Crippen LogP contribution < -0.4 is 0 Å². The van der Waals surface area contributed by atoms with Gasteiger partial charge >= 0.3 is 5.97 Å². The first-order valence-electron chi connectivity index (χ1n) is 3.24. The Bertz CT molecular complexity index is 221. The molecule has 0 saturated carbocycles. The van der Waals surface area contributed by atoms with Crippen molar-refractivity contribution in [3.05, 3.63) is 11.5 Å². The van der Waals surface area contributed by atoms with Gasteiger partial charge in [-0.3, -0.25) is 0 Å². The van der Waals surface area contributed by atoms with E-state index < -0.39 is 36.3 Å². The summed E-state index contributed by atoms with van der Waals surface area (Å²) in [5.41, 5.74) is 0. The third-order valence-electron chi connectivity index (χ3n) is 1.28. The van der Waals surface area contributed by atoms with Gasteiger partial charge < -0.3 is 30.6 Å². The van der Waals surface area contributed by atoms with Crippen LogP contribution in [0.1, 0.15) is 0 Å². The fourth-order valence-corrected chi connectivity index (χ4v) is 0.532. The molecule has 2 atom stereocenters. The lowest BCUT2D eigenvalue weighted by molar-refractivity contribution is -0.136. The molecule has 0 amide bonds. The minimum atomic E-state index is -2.03. The Morgan fingerprint density at radius 3 is 1.92 bits per heavy atom. The molecule has 76 valence electrons. The Hall–Kier alpha value is -1.31. The lowest BCUT2D eigenvalue weighted by Crippen LogP contribution is -2.32. The van der Waals surface area contributed by atoms with Gasteiger partial charge in [0.1, 0.15) is 12.2 Å². The fourth-order valence-electron chi connectivity index (χ4n) is 0.532. The third kappa shape index (κ3) is 2.90. The number of carbonyl (C=O) groups is 1. The zero-order chi connectivity index (χ0) is 10.6. The van der Waals surface area contributed by atoms with E-state index in [0.717, 1.165) is 0 Å². The maximum atomic E-state index is 10.0. The summed E-state index contributed by atoms with van der Waals surface area (Å²) in [7, 11) is 0. The highest BCUT2D eigenvalue weighted by atomic mass is 16.4. The Labute approximate surface area is 72.8 Å². The van der Waals surface area contributed by atoms with Gasteiger partial charge in [0.2, 0.25) is 5.76 Å². The van der Waals surface area contributed by atoms with Gasteiger partial charge in [-0.2, -0.15) is 0 Å². The minimum absolute atomic E-state index is 0.877. The molecular weight excluding hydrogens is 184 g/mol. The van der Waals surface area contributed by atoms with E-state index in [1.165, 1.54) is 0 Å². The molecular formula is C6H10O7. The molecule has 0 rings (SSSR count). The maximum absolute atomic E-state index is 10.0. The van der Waals surface area contributed by atoms with Crippen molar-refractivity contribution in [3.8, 4) is 0 Å². The van der Waals surface area contributed by atoms with Crippen molar-refractivity contribution in [1.82, 2.24) is 0 Å². The smallest absolute Gasteiger partial charge is 0.374 e. The Morgan fingerprint density at radius 2 is 1.62 bits per heavy atom. The molecule has 7 heteroatoms. The number of hydrogen-bond acceptors (Lipinski definition) is 6. The van der Waals surface area contributed by atoms with Gasteiger partial charge in [-0.15, -0.1) is 0 Å². The van der Waals surface area contributed by atoms with E-state index in [0.29, 0.717) is 0 Å². The molecule has 7 nitrogen and oxygen atoms in total. The van der Waals surface area contributed by atoms with E-state index in [4.69, 9.17) is 30.6 Å². The van der Waals surface area contributed by atoms with Crippen LogP contribution in [0.15, 0.2) is 11.5 Å². The van der Waals surface area contributed by atoms with Gasteiger partial charge in [0.25, 0.3) is 0 Å². The second-order valence-electron chi connectivity index (χ2n) is 2.23. The van der Waals surface area contributed by atoms with E-state index in [1.807, 2.05) is 0 Å². The number of rotatable bonds is 4. The Morgan fingerprint density at radius 1 is 1.15 bits per heavy atom. The van der Waals surface area contributed by atoms with Gasteiger partial charge in [-0.1, -0.05) is 0 Å². The van der Waals surface area contributed by atoms with Crippen LogP contribution in [0, 0.1) is 0 Å². The molecule has 0 aliphatic carbocycles. The first-order valence-corrected chi connectivity index (χ1v) is 3.24. The number of carboxylic acid groups (broad SMARTS) is 1. The van der Waals surface area contributed by atoms with Crippen molar-refractivity contribution in [2.24, 2.45) is 0 Å². The number of aliphatic hydroxyl groups is 5. The molecule has 13 heavy (non-hydrogen) atoms. The highest BCUT2D eigenvalue weighted by Gasteiger charge is 2.25. The first-order chi connectivity index (χ1) is 5.91. The van der Waals surface area contributed by atoms with Crippen molar-refractivity contribution < 1.29 is 35.4 Å². The highest BCUT2D eigenvalue weighted by Crippen LogP contribution is 2.07. The quantitative estimate of drug-likeness (QED) is 0.227. The molecule has 0 spiro atoms. The van der Waals surface area contributed by atoms with Crippen LogP contribution >= 0.6 is 0 Å². The average Bonchev–Trinajstić information content (AvgIpc) is 2.12. The van der Waals surface area contributed by atoms with E-state index in [-0.39, 0.29) is 0 Å². The second kappa shape index (κ2) is 4.65. The average molecular weight is 194 g/mol. The molecule has 0 bridgehead atoms. The molecule has 0 aromatic carbocycles. The van der Waals surface area contributed by atoms with Crippen LogP contribution in [0.3, 0.4) is 0 Å². The molecule has 0 aliphatic rings. The molecule has 0 aromatic rings. The summed E-state index contributed by atoms with van der Waals surface area (Å²) in [6.07, 6.45) is -3.78. The summed E-state index contributed by atoms with van der Waals surface area (Å²) in [4.78, 5) is 10.0. The Balaban J connectivity index is 4.66. The van der Waals surface area contributed by atoms with Crippen molar-refractivity contribution in [3.63, 3.8) is 0 Å². The van der Waals surface area contributed by atoms with Crippen LogP contribution in [0.25, 0.3) is 0 Å². The standard InChI is InChI=1S/C6H10O7/c7-1-2(8)3(9)4(10)5(11)6(12)13/h2-3,7-11H,1H2,(H,12,13). The fraction of sp³-hybridized carbons (Fsp3) is 0.500. The zero-order valence-electron chi connectivity index (χ0n) is 6.45. The van der Waals surface area contributed by atoms with Crippen LogP contribution in [0.5, 0.6) is 0 Å². The van der Waals surface area contributed by atoms with Gasteiger partial charge in [0, 0.05) is 0 Å². The number of aliphatic carboxylic acids is 1. The van der Waals surface area contributed by atoms with Gasteiger partial charge in [-0.05, 0) is 0 Å². The molecule has 0 saturated heterocycles. The SMILES string of the molecule is O=C(O)C(O)=C(O)C(O)C(O)CO. The summed E-state index contributed by atoms with van der Waals surface area (Å²) in [6.45, 7) is -0.877. The van der Waals surface area contributed by atoms with E-state index in [9.17, 15) is 4.79 Å². The maximum Gasteiger partial charge on any atom is 0.374 e. The topological polar surface area (TPSA) is 138 Å². The van der Waals surface area contributed by atoms with Crippen molar-refractivity contribution in [2.75, 3.05) is 6.61 Å². The van der Waals surface area contributed by atoms with Crippen LogP contribution in [0.2, 0.25) is 0 Å². The zero-order valence-corrected chi connectivity index (χ0v) is 6.45. The largest absolute Gasteiger partial charge is 0.506 e. The van der Waals surface area contributed by atoms with Crippen LogP contribution in [-0.2, 0) is 4.79 Å². The number of carboxylic acids is 1. The highest BCUT2D eigenvalue weighted by molar-refractivity contribution is 5.84. The van der Waals surface area contributed by atoms with E-state index >= 15 is 0 Å². The van der Waals surface area contributed by atoms with Gasteiger partial charge in [0.05, 0.1) is 6.61 Å². The predicted molar refractivity (Wildman–Crippen MR) is 39.0 cm³/mol. The van der Waals surface area contributed by atoms with Crippen molar-refractivity contribution in [1.29, 1.82) is 0 Å². The lowest BCUT2D eigenvalue weighted by atomic mass is 10.1.